The number of carbonyl (C=O) groups excluding carboxylic acids is 1. The molecule has 4 unspecified atom stereocenters. The molecule has 0 bridgehead atoms. The molecule has 0 aromatic carbocycles. The summed E-state index contributed by atoms with van der Waals surface area (Å²) in [5.41, 5.74) is 0.197. The zero-order valence-corrected chi connectivity index (χ0v) is 26.1. The van der Waals surface area contributed by atoms with Crippen molar-refractivity contribution in [3.05, 3.63) is 0 Å². The van der Waals surface area contributed by atoms with Crippen molar-refractivity contribution in [3.63, 3.8) is 0 Å². The lowest BCUT2D eigenvalue weighted by atomic mass is 9.42. The van der Waals surface area contributed by atoms with Crippen molar-refractivity contribution >= 4 is 11.8 Å². The van der Waals surface area contributed by atoms with Crippen LogP contribution in [0.25, 0.3) is 0 Å². The van der Waals surface area contributed by atoms with E-state index in [9.17, 15) is 41.8 Å². The number of alkyl halides is 5. The number of halogens is 5. The Morgan fingerprint density at radius 3 is 2.23 bits per heavy atom. The maximum atomic E-state index is 13.1. The first-order chi connectivity index (χ1) is 20.1. The summed E-state index contributed by atoms with van der Waals surface area (Å²) >= 11 is 0. The van der Waals surface area contributed by atoms with E-state index in [1.165, 1.54) is 6.42 Å². The maximum Gasteiger partial charge on any atom is 0.453 e. The number of aliphatic carboxylic acids is 1. The van der Waals surface area contributed by atoms with Crippen molar-refractivity contribution in [2.75, 3.05) is 0 Å². The number of carboxylic acids is 1. The topological polar surface area (TPSA) is 74.6 Å². The monoisotopic (exact) mass is 620 g/mol. The molecule has 0 aromatic rings. The number of carbonyl (C=O) groups is 2. The number of rotatable bonds is 14. The summed E-state index contributed by atoms with van der Waals surface area (Å²) in [4.78, 5) is 23.9. The molecular weight excluding hydrogens is 567 g/mol. The number of fused-ring (bicyclic) bond motifs is 5. The molecule has 4 fully saturated rings. The Labute approximate surface area is 253 Å². The van der Waals surface area contributed by atoms with E-state index in [1.807, 2.05) is 0 Å². The van der Waals surface area contributed by atoms with E-state index in [0.717, 1.165) is 77.0 Å². The van der Waals surface area contributed by atoms with Crippen molar-refractivity contribution in [1.82, 2.24) is 0 Å². The molecule has 4 rings (SSSR count). The Kier molecular flexibility index (Phi) is 11.0. The fraction of sp³-hybridized carbons (Fsp3) is 0.941. The second-order valence-corrected chi connectivity index (χ2v) is 15.2. The Morgan fingerprint density at radius 2 is 1.56 bits per heavy atom. The Balaban J connectivity index is 1.22. The van der Waals surface area contributed by atoms with Crippen LogP contribution in [0.4, 0.5) is 22.0 Å². The number of carboxylic acid groups (broad SMARTS) is 1. The molecule has 0 aliphatic heterocycles. The first-order valence-electron chi connectivity index (χ1n) is 17.0. The van der Waals surface area contributed by atoms with Crippen LogP contribution in [0.5, 0.6) is 0 Å². The number of aliphatic hydroxyl groups is 1. The van der Waals surface area contributed by atoms with Crippen LogP contribution in [0.3, 0.4) is 0 Å². The number of hydrogen-bond acceptors (Lipinski definition) is 3. The predicted octanol–water partition coefficient (Wildman–Crippen LogP) is 9.37. The Morgan fingerprint density at radius 1 is 0.907 bits per heavy atom. The van der Waals surface area contributed by atoms with E-state index in [0.29, 0.717) is 54.6 Å². The van der Waals surface area contributed by atoms with Gasteiger partial charge in [-0.15, -0.1) is 0 Å². The van der Waals surface area contributed by atoms with Crippen LogP contribution in [-0.4, -0.2) is 40.2 Å². The molecule has 4 aliphatic rings. The molecule has 9 heteroatoms. The smallest absolute Gasteiger partial charge is 0.453 e. The largest absolute Gasteiger partial charge is 0.481 e. The first kappa shape index (κ1) is 34.6. The molecule has 0 heterocycles. The fourth-order valence-corrected chi connectivity index (χ4v) is 10.3. The molecule has 0 aromatic heterocycles. The molecular formula is C34H53F5O4. The number of hydrogen-bond donors (Lipinski definition) is 2. The van der Waals surface area contributed by atoms with Gasteiger partial charge in [-0.05, 0) is 98.2 Å². The van der Waals surface area contributed by atoms with Gasteiger partial charge >= 0.3 is 18.1 Å². The van der Waals surface area contributed by atoms with Gasteiger partial charge in [-0.25, -0.2) is 0 Å². The summed E-state index contributed by atoms with van der Waals surface area (Å²) in [6.45, 7) is 4.79. The van der Waals surface area contributed by atoms with Crippen LogP contribution >= 0.6 is 0 Å². The summed E-state index contributed by atoms with van der Waals surface area (Å²) in [5.74, 6) is -3.51. The minimum absolute atomic E-state index is 0.0111. The van der Waals surface area contributed by atoms with E-state index in [2.05, 4.69) is 13.8 Å². The normalized spacial score (nSPS) is 37.0. The van der Waals surface area contributed by atoms with Gasteiger partial charge in [0.05, 0.1) is 12.0 Å². The lowest BCUT2D eigenvalue weighted by Crippen LogP contribution is -2.57. The van der Waals surface area contributed by atoms with Gasteiger partial charge in [0.15, 0.2) is 0 Å². The zero-order chi connectivity index (χ0) is 31.6. The zero-order valence-electron chi connectivity index (χ0n) is 26.1. The second-order valence-electron chi connectivity index (χ2n) is 15.2. The van der Waals surface area contributed by atoms with Crippen LogP contribution in [0.1, 0.15) is 136 Å². The van der Waals surface area contributed by atoms with Gasteiger partial charge in [-0.1, -0.05) is 58.8 Å². The van der Waals surface area contributed by atoms with Crippen molar-refractivity contribution in [3.8, 4) is 0 Å². The van der Waals surface area contributed by atoms with E-state index in [1.54, 1.807) is 0 Å². The average Bonchev–Trinajstić information content (AvgIpc) is 3.22. The number of aliphatic hydroxyl groups excluding tert-OH is 1. The van der Waals surface area contributed by atoms with E-state index < -0.39 is 36.8 Å². The summed E-state index contributed by atoms with van der Waals surface area (Å²) in [5, 5.41) is 20.4. The fourth-order valence-electron chi connectivity index (χ4n) is 10.3. The summed E-state index contributed by atoms with van der Waals surface area (Å²) in [6.07, 6.45) is 7.02. The standard InChI is InChI=1S/C34H53F5O4/c1-31-19-17-25(40)20-24(31)13-14-26-27-15-16-28(41)32(27,2)21-23(29(26)31)11-8-6-4-3-5-7-10-22(30(42)43)12-9-18-33(35,36)34(37,38)39/h22-24,26-29,41H,3-21H2,1-2H3,(H,42,43)/t22?,23?,24?,26-,27-,28?,29+,31-,32-/m0/s1. The van der Waals surface area contributed by atoms with Crippen LogP contribution in [0, 0.1) is 46.3 Å². The van der Waals surface area contributed by atoms with Crippen molar-refractivity contribution in [1.29, 1.82) is 0 Å². The third kappa shape index (κ3) is 7.43. The minimum Gasteiger partial charge on any atom is -0.481 e. The lowest BCUT2D eigenvalue weighted by Gasteiger charge is -2.62. The summed E-state index contributed by atoms with van der Waals surface area (Å²) in [6, 6.07) is 0. The van der Waals surface area contributed by atoms with Gasteiger partial charge in [0.25, 0.3) is 0 Å². The van der Waals surface area contributed by atoms with Gasteiger partial charge < -0.3 is 10.2 Å². The van der Waals surface area contributed by atoms with Gasteiger partial charge in [-0.3, -0.25) is 9.59 Å². The number of unbranched alkanes of at least 4 members (excludes halogenated alkanes) is 5. The highest BCUT2D eigenvalue weighted by Gasteiger charge is 2.62. The summed E-state index contributed by atoms with van der Waals surface area (Å²) in [7, 11) is 0. The Bertz CT molecular complexity index is 969. The van der Waals surface area contributed by atoms with Crippen molar-refractivity contribution in [2.24, 2.45) is 46.3 Å². The van der Waals surface area contributed by atoms with Gasteiger partial charge in [-0.2, -0.15) is 22.0 Å². The van der Waals surface area contributed by atoms with Crippen LogP contribution in [-0.2, 0) is 9.59 Å². The van der Waals surface area contributed by atoms with Crippen LogP contribution in [0.15, 0.2) is 0 Å². The molecule has 43 heavy (non-hydrogen) atoms. The van der Waals surface area contributed by atoms with Crippen LogP contribution in [0.2, 0.25) is 0 Å². The maximum absolute atomic E-state index is 13.1. The van der Waals surface area contributed by atoms with Crippen LogP contribution < -0.4 is 0 Å². The number of Topliss-reactive ketones (excluding diaryl/α,β-unsaturated/α-hetero) is 1. The average molecular weight is 621 g/mol. The highest BCUT2D eigenvalue weighted by molar-refractivity contribution is 5.79. The number of ketones is 1. The highest BCUT2D eigenvalue weighted by Crippen LogP contribution is 2.68. The van der Waals surface area contributed by atoms with Crippen molar-refractivity contribution < 1.29 is 41.8 Å². The molecule has 9 atom stereocenters. The van der Waals surface area contributed by atoms with Crippen molar-refractivity contribution in [2.45, 2.75) is 154 Å². The quantitative estimate of drug-likeness (QED) is 0.150. The summed E-state index contributed by atoms with van der Waals surface area (Å²) < 4.78 is 63.4. The van der Waals surface area contributed by atoms with E-state index in [-0.39, 0.29) is 23.4 Å². The SMILES string of the molecule is C[C@]12CCC(=O)CC1CC[C@@H]1[C@H]2C(CCCCCCCCC(CCCC(F)(F)C(F)(F)F)C(=O)O)C[C@]2(C)C(O)CC[C@@H]12. The molecule has 4 aliphatic carbocycles. The van der Waals surface area contributed by atoms with Gasteiger partial charge in [0.2, 0.25) is 0 Å². The molecule has 4 saturated carbocycles. The van der Waals surface area contributed by atoms with E-state index >= 15 is 0 Å². The predicted molar refractivity (Wildman–Crippen MR) is 155 cm³/mol. The minimum atomic E-state index is -5.60. The molecule has 0 radical (unpaired) electrons. The third-order valence-electron chi connectivity index (χ3n) is 12.7. The molecule has 2 N–H and O–H groups in total. The molecule has 0 spiro atoms. The highest BCUT2D eigenvalue weighted by atomic mass is 19.4. The molecule has 0 amide bonds. The second kappa shape index (κ2) is 13.6. The third-order valence-corrected chi connectivity index (χ3v) is 12.7. The molecule has 0 saturated heterocycles. The van der Waals surface area contributed by atoms with E-state index in [4.69, 9.17) is 0 Å². The van der Waals surface area contributed by atoms with Gasteiger partial charge in [0.1, 0.15) is 5.78 Å². The molecule has 248 valence electrons. The molecule has 4 nitrogen and oxygen atoms in total. The lowest BCUT2D eigenvalue weighted by molar-refractivity contribution is -0.284. The van der Waals surface area contributed by atoms with Gasteiger partial charge in [0, 0.05) is 19.3 Å². The Hall–Kier alpha value is -1.25. The first-order valence-corrected chi connectivity index (χ1v) is 17.0.